The van der Waals surface area contributed by atoms with Gasteiger partial charge in [0.15, 0.2) is 0 Å². The molecule has 0 saturated heterocycles. The Balaban J connectivity index is 1.90. The van der Waals surface area contributed by atoms with Crippen LogP contribution in [0.3, 0.4) is 0 Å². The van der Waals surface area contributed by atoms with Gasteiger partial charge in [-0.15, -0.1) is 0 Å². The Hall–Kier alpha value is -2.80. The maximum Gasteiger partial charge on any atom is 0.306 e. The fraction of sp³-hybridized carbons (Fsp3) is 0.543. The summed E-state index contributed by atoms with van der Waals surface area (Å²) in [6.45, 7) is 3.30. The van der Waals surface area contributed by atoms with Crippen molar-refractivity contribution >= 4 is 55.7 Å². The Morgan fingerprint density at radius 3 is 1.17 bits per heavy atom. The molecule has 0 bridgehead atoms. The number of nitrogens with zero attached hydrogens (tertiary/aromatic N) is 2. The highest BCUT2D eigenvalue weighted by Gasteiger charge is 2.42. The second kappa shape index (κ2) is 19.3. The molecule has 0 atom stereocenters. The number of esters is 4. The van der Waals surface area contributed by atoms with Crippen LogP contribution < -0.4 is 0 Å². The second-order valence-electron chi connectivity index (χ2n) is 11.7. The summed E-state index contributed by atoms with van der Waals surface area (Å²) >= 11 is 7.44. The van der Waals surface area contributed by atoms with Crippen LogP contribution in [0.25, 0.3) is 11.1 Å². The number of methoxy groups -OCH3 is 4. The molecule has 0 amide bonds. The third kappa shape index (κ3) is 11.1. The average molecular weight is 783 g/mol. The number of ether oxygens (including phenoxy) is 4. The number of hydrogen-bond donors (Lipinski definition) is 0. The number of rotatable bonds is 20. The van der Waals surface area contributed by atoms with Gasteiger partial charge in [0.1, 0.15) is 0 Å². The molecule has 1 aliphatic carbocycles. The molecule has 47 heavy (non-hydrogen) atoms. The zero-order chi connectivity index (χ0) is 34.4. The Kier molecular flexibility index (Phi) is 15.8. The third-order valence-corrected chi connectivity index (χ3v) is 9.87. The quantitative estimate of drug-likeness (QED) is 0.119. The van der Waals surface area contributed by atoms with E-state index in [4.69, 9.17) is 18.9 Å². The summed E-state index contributed by atoms with van der Waals surface area (Å²) in [5.74, 6) is -1.16. The van der Waals surface area contributed by atoms with E-state index in [0.29, 0.717) is 39.3 Å². The largest absolute Gasteiger partial charge is 0.469 e. The number of carbonyl (C=O) groups is 4. The van der Waals surface area contributed by atoms with Gasteiger partial charge < -0.3 is 28.7 Å². The maximum absolute atomic E-state index is 12.0. The highest BCUT2D eigenvalue weighted by Crippen LogP contribution is 2.55. The Bertz CT molecular complexity index is 1240. The molecule has 0 fully saturated rings. The first-order chi connectivity index (χ1) is 22.6. The predicted molar refractivity (Wildman–Crippen MR) is 186 cm³/mol. The first-order valence-corrected chi connectivity index (χ1v) is 17.5. The van der Waals surface area contributed by atoms with E-state index in [1.54, 1.807) is 0 Å². The van der Waals surface area contributed by atoms with Gasteiger partial charge in [-0.25, -0.2) is 0 Å². The molecule has 10 nitrogen and oxygen atoms in total. The van der Waals surface area contributed by atoms with Crippen molar-refractivity contribution in [1.29, 1.82) is 0 Å². The summed E-state index contributed by atoms with van der Waals surface area (Å²) in [6, 6.07) is 12.9. The Morgan fingerprint density at radius 2 is 0.872 bits per heavy atom. The van der Waals surface area contributed by atoms with Crippen LogP contribution in [0.2, 0.25) is 0 Å². The maximum atomic E-state index is 12.0. The Morgan fingerprint density at radius 1 is 0.553 bits per heavy atom. The molecule has 0 aliphatic heterocycles. The number of halogens is 2. The second-order valence-corrected chi connectivity index (χ2v) is 13.5. The summed E-state index contributed by atoms with van der Waals surface area (Å²) in [6.07, 6.45) is 4.24. The molecule has 0 heterocycles. The summed E-state index contributed by atoms with van der Waals surface area (Å²) in [5, 5.41) is 0. The van der Waals surface area contributed by atoms with Crippen LogP contribution in [-0.4, -0.2) is 101 Å². The molecular weight excluding hydrogens is 736 g/mol. The minimum atomic E-state index is -0.315. The Labute approximate surface area is 294 Å². The van der Waals surface area contributed by atoms with Crippen molar-refractivity contribution in [2.75, 3.05) is 67.7 Å². The predicted octanol–water partition coefficient (Wildman–Crippen LogP) is 5.89. The lowest BCUT2D eigenvalue weighted by Gasteiger charge is -2.35. The summed E-state index contributed by atoms with van der Waals surface area (Å²) in [5.41, 5.74) is 4.61. The van der Waals surface area contributed by atoms with Gasteiger partial charge in [-0.3, -0.25) is 19.2 Å². The number of benzene rings is 2. The van der Waals surface area contributed by atoms with E-state index in [-0.39, 0.29) is 55.0 Å². The standard InChI is InChI=1S/C35H46Br2N2O8/c1-44-31(40)11-19-38(20-12-32(41)45-2)17-5-15-35(16-6-18-39(21-13-33(42)46-3)22-14-34(43)47-4)29-23-25(36)7-9-27(29)28-10-8-26(37)24-30(28)35/h7-10,23-24H,5-6,11-22H2,1-4H3. The number of carbonyl (C=O) groups excluding carboxylic acids is 4. The van der Waals surface area contributed by atoms with Crippen LogP contribution in [0.15, 0.2) is 45.3 Å². The van der Waals surface area contributed by atoms with E-state index in [1.807, 2.05) is 0 Å². The molecule has 0 saturated carbocycles. The third-order valence-electron chi connectivity index (χ3n) is 8.88. The van der Waals surface area contributed by atoms with Gasteiger partial charge >= 0.3 is 23.9 Å². The molecule has 0 aromatic heterocycles. The highest BCUT2D eigenvalue weighted by molar-refractivity contribution is 9.10. The molecular formula is C35H46Br2N2O8. The summed E-state index contributed by atoms with van der Waals surface area (Å²) in [4.78, 5) is 52.1. The molecule has 0 spiro atoms. The van der Waals surface area contributed by atoms with Crippen molar-refractivity contribution in [3.63, 3.8) is 0 Å². The zero-order valence-corrected chi connectivity index (χ0v) is 31.0. The molecule has 3 rings (SSSR count). The van der Waals surface area contributed by atoms with Crippen LogP contribution in [0.5, 0.6) is 0 Å². The average Bonchev–Trinajstić information content (AvgIpc) is 3.33. The van der Waals surface area contributed by atoms with E-state index in [1.165, 1.54) is 50.7 Å². The first kappa shape index (κ1) is 38.6. The number of fused-ring (bicyclic) bond motifs is 3. The van der Waals surface area contributed by atoms with Gasteiger partial charge in [-0.2, -0.15) is 0 Å². The van der Waals surface area contributed by atoms with Crippen molar-refractivity contribution in [3.05, 3.63) is 56.5 Å². The van der Waals surface area contributed by atoms with Crippen molar-refractivity contribution < 1.29 is 38.1 Å². The molecule has 0 radical (unpaired) electrons. The van der Waals surface area contributed by atoms with Crippen LogP contribution in [-0.2, 0) is 43.5 Å². The molecule has 258 valence electrons. The van der Waals surface area contributed by atoms with Crippen molar-refractivity contribution in [2.24, 2.45) is 0 Å². The van der Waals surface area contributed by atoms with Crippen molar-refractivity contribution in [2.45, 2.75) is 56.8 Å². The lowest BCUT2D eigenvalue weighted by molar-refractivity contribution is -0.142. The zero-order valence-electron chi connectivity index (χ0n) is 27.8. The van der Waals surface area contributed by atoms with Gasteiger partial charge in [0.25, 0.3) is 0 Å². The molecule has 2 aromatic rings. The van der Waals surface area contributed by atoms with Crippen molar-refractivity contribution in [3.8, 4) is 11.1 Å². The van der Waals surface area contributed by atoms with Crippen LogP contribution in [0.4, 0.5) is 0 Å². The van der Waals surface area contributed by atoms with Gasteiger partial charge in [-0.1, -0.05) is 44.0 Å². The molecule has 1 aliphatic rings. The molecule has 2 aromatic carbocycles. The normalized spacial score (nSPS) is 12.9. The van der Waals surface area contributed by atoms with Crippen LogP contribution >= 0.6 is 31.9 Å². The molecule has 0 N–H and O–H groups in total. The van der Waals surface area contributed by atoms with E-state index < -0.39 is 0 Å². The van der Waals surface area contributed by atoms with E-state index in [2.05, 4.69) is 78.1 Å². The van der Waals surface area contributed by atoms with E-state index in [0.717, 1.165) is 34.6 Å². The van der Waals surface area contributed by atoms with Gasteiger partial charge in [0.2, 0.25) is 0 Å². The van der Waals surface area contributed by atoms with Gasteiger partial charge in [-0.05, 0) is 85.3 Å². The first-order valence-electron chi connectivity index (χ1n) is 15.9. The smallest absolute Gasteiger partial charge is 0.306 e. The highest BCUT2D eigenvalue weighted by atomic mass is 79.9. The minimum Gasteiger partial charge on any atom is -0.469 e. The topological polar surface area (TPSA) is 112 Å². The fourth-order valence-corrected chi connectivity index (χ4v) is 7.11. The van der Waals surface area contributed by atoms with Crippen LogP contribution in [0, 0.1) is 0 Å². The van der Waals surface area contributed by atoms with Crippen molar-refractivity contribution in [1.82, 2.24) is 9.80 Å². The van der Waals surface area contributed by atoms with Crippen LogP contribution in [0.1, 0.15) is 62.5 Å². The summed E-state index contributed by atoms with van der Waals surface area (Å²) in [7, 11) is 5.51. The lowest BCUT2D eigenvalue weighted by atomic mass is 9.71. The molecule has 0 unspecified atom stereocenters. The van der Waals surface area contributed by atoms with Gasteiger partial charge in [0, 0.05) is 40.5 Å². The number of hydrogen-bond acceptors (Lipinski definition) is 10. The monoisotopic (exact) mass is 780 g/mol. The van der Waals surface area contributed by atoms with Gasteiger partial charge in [0.05, 0.1) is 54.1 Å². The molecule has 12 heteroatoms. The fourth-order valence-electron chi connectivity index (χ4n) is 6.39. The van der Waals surface area contributed by atoms with E-state index in [9.17, 15) is 19.2 Å². The minimum absolute atomic E-state index is 0.237. The lowest BCUT2D eigenvalue weighted by Crippen LogP contribution is -2.34. The summed E-state index contributed by atoms with van der Waals surface area (Å²) < 4.78 is 21.5. The van der Waals surface area contributed by atoms with E-state index >= 15 is 0 Å². The SMILES string of the molecule is COC(=O)CCN(CCCC1(CCCN(CCC(=O)OC)CCC(=O)OC)c2cc(Br)ccc2-c2ccc(Br)cc21)CCC(=O)OC.